The zero-order chi connectivity index (χ0) is 15.9. The Morgan fingerprint density at radius 2 is 1.18 bits per heavy atom. The van der Waals surface area contributed by atoms with Crippen LogP contribution in [0.2, 0.25) is 0 Å². The summed E-state index contributed by atoms with van der Waals surface area (Å²) in [5, 5.41) is 0. The quantitative estimate of drug-likeness (QED) is 0.271. The molecule has 2 nitrogen and oxygen atoms in total. The third kappa shape index (κ3) is 4.72. The highest BCUT2D eigenvalue weighted by Crippen LogP contribution is 2.42. The van der Waals surface area contributed by atoms with Crippen LogP contribution in [0.25, 0.3) is 11.1 Å². The van der Waals surface area contributed by atoms with Gasteiger partial charge in [0.15, 0.2) is 0 Å². The van der Waals surface area contributed by atoms with Gasteiger partial charge in [0, 0.05) is 17.9 Å². The number of hydrogen-bond donors (Lipinski definition) is 0. The first kappa shape index (κ1) is 17.8. The summed E-state index contributed by atoms with van der Waals surface area (Å²) < 4.78 is 13.3. The SMILES string of the molecule is Brc1cc(-c2ccccc2)c(Br)c(Br)c1Br.C1=COC=CO1. The van der Waals surface area contributed by atoms with Gasteiger partial charge in [0.1, 0.15) is 25.0 Å². The van der Waals surface area contributed by atoms with E-state index in [1.807, 2.05) is 18.2 Å². The molecule has 2 aromatic carbocycles. The molecule has 1 aliphatic heterocycles. The molecule has 0 saturated heterocycles. The van der Waals surface area contributed by atoms with E-state index in [-0.39, 0.29) is 0 Å². The second kappa shape index (κ2) is 8.91. The molecule has 1 aliphatic rings. The lowest BCUT2D eigenvalue weighted by Crippen LogP contribution is -1.84. The van der Waals surface area contributed by atoms with Crippen LogP contribution in [0.5, 0.6) is 0 Å². The molecular formula is C16H10Br4O2. The maximum atomic E-state index is 4.58. The van der Waals surface area contributed by atoms with Gasteiger partial charge in [-0.15, -0.1) is 0 Å². The fourth-order valence-corrected chi connectivity index (χ4v) is 3.86. The third-order valence-corrected chi connectivity index (χ3v) is 7.27. The molecule has 0 unspecified atom stereocenters. The van der Waals surface area contributed by atoms with Crippen molar-refractivity contribution in [1.82, 2.24) is 0 Å². The minimum Gasteiger partial charge on any atom is -0.466 e. The largest absolute Gasteiger partial charge is 0.466 e. The molecule has 0 radical (unpaired) electrons. The minimum absolute atomic E-state index is 1.01. The number of ether oxygens (including phenoxy) is 2. The van der Waals surface area contributed by atoms with Crippen molar-refractivity contribution >= 4 is 63.7 Å². The molecule has 22 heavy (non-hydrogen) atoms. The van der Waals surface area contributed by atoms with E-state index in [0.29, 0.717) is 0 Å². The Morgan fingerprint density at radius 3 is 1.68 bits per heavy atom. The minimum atomic E-state index is 1.01. The Balaban J connectivity index is 0.000000246. The third-order valence-electron chi connectivity index (χ3n) is 2.61. The van der Waals surface area contributed by atoms with E-state index < -0.39 is 0 Å². The summed E-state index contributed by atoms with van der Waals surface area (Å²) >= 11 is 14.2. The summed E-state index contributed by atoms with van der Waals surface area (Å²) in [4.78, 5) is 0. The molecule has 0 spiro atoms. The summed E-state index contributed by atoms with van der Waals surface area (Å²) in [6.45, 7) is 0. The van der Waals surface area contributed by atoms with Gasteiger partial charge < -0.3 is 9.47 Å². The van der Waals surface area contributed by atoms with Crippen LogP contribution < -0.4 is 0 Å². The summed E-state index contributed by atoms with van der Waals surface area (Å²) in [5.74, 6) is 0. The summed E-state index contributed by atoms with van der Waals surface area (Å²) in [7, 11) is 0. The van der Waals surface area contributed by atoms with Gasteiger partial charge in [-0.2, -0.15) is 0 Å². The highest BCUT2D eigenvalue weighted by atomic mass is 79.9. The zero-order valence-corrected chi connectivity index (χ0v) is 17.4. The first-order valence-corrected chi connectivity index (χ1v) is 9.28. The van der Waals surface area contributed by atoms with Crippen LogP contribution in [0.15, 0.2) is 79.3 Å². The first-order valence-electron chi connectivity index (χ1n) is 6.10. The molecule has 0 aromatic heterocycles. The van der Waals surface area contributed by atoms with Gasteiger partial charge in [0.05, 0.1) is 0 Å². The Labute approximate surface area is 162 Å². The van der Waals surface area contributed by atoms with Crippen LogP contribution in [0.4, 0.5) is 0 Å². The van der Waals surface area contributed by atoms with Crippen LogP contribution in [0, 0.1) is 0 Å². The fraction of sp³-hybridized carbons (Fsp3) is 0. The molecule has 0 atom stereocenters. The molecule has 0 N–H and O–H groups in total. The van der Waals surface area contributed by atoms with Gasteiger partial charge in [-0.1, -0.05) is 30.3 Å². The molecular weight excluding hydrogens is 544 g/mol. The molecule has 114 valence electrons. The highest BCUT2D eigenvalue weighted by molar-refractivity contribution is 9.15. The predicted molar refractivity (Wildman–Crippen MR) is 103 cm³/mol. The lowest BCUT2D eigenvalue weighted by atomic mass is 10.1. The zero-order valence-electron chi connectivity index (χ0n) is 11.1. The number of rotatable bonds is 1. The van der Waals surface area contributed by atoms with Crippen molar-refractivity contribution in [3.63, 3.8) is 0 Å². The Hall–Kier alpha value is -0.560. The lowest BCUT2D eigenvalue weighted by molar-refractivity contribution is 0.290. The summed E-state index contributed by atoms with van der Waals surface area (Å²) in [6.07, 6.45) is 5.83. The summed E-state index contributed by atoms with van der Waals surface area (Å²) in [6, 6.07) is 12.4. The fourth-order valence-electron chi connectivity index (χ4n) is 1.62. The molecule has 0 bridgehead atoms. The predicted octanol–water partition coefficient (Wildman–Crippen LogP) is 7.38. The summed E-state index contributed by atoms with van der Waals surface area (Å²) in [5.41, 5.74) is 2.34. The molecule has 0 aliphatic carbocycles. The molecule has 6 heteroatoms. The van der Waals surface area contributed by atoms with Crippen LogP contribution in [0.3, 0.4) is 0 Å². The Morgan fingerprint density at radius 1 is 0.636 bits per heavy atom. The number of halogens is 4. The van der Waals surface area contributed by atoms with Crippen molar-refractivity contribution < 1.29 is 9.47 Å². The smallest absolute Gasteiger partial charge is 0.125 e. The van der Waals surface area contributed by atoms with E-state index >= 15 is 0 Å². The lowest BCUT2D eigenvalue weighted by Gasteiger charge is -2.10. The monoisotopic (exact) mass is 550 g/mol. The van der Waals surface area contributed by atoms with Gasteiger partial charge in [-0.3, -0.25) is 0 Å². The van der Waals surface area contributed by atoms with Crippen LogP contribution >= 0.6 is 63.7 Å². The Bertz CT molecular complexity index is 677. The van der Waals surface area contributed by atoms with E-state index in [2.05, 4.69) is 91.4 Å². The van der Waals surface area contributed by atoms with E-state index in [4.69, 9.17) is 0 Å². The molecule has 0 saturated carbocycles. The average Bonchev–Trinajstić information content (AvgIpc) is 2.59. The van der Waals surface area contributed by atoms with Crippen molar-refractivity contribution in [1.29, 1.82) is 0 Å². The van der Waals surface area contributed by atoms with E-state index in [1.165, 1.54) is 30.6 Å². The highest BCUT2D eigenvalue weighted by Gasteiger charge is 2.12. The van der Waals surface area contributed by atoms with E-state index in [9.17, 15) is 0 Å². The first-order chi connectivity index (χ1) is 10.6. The van der Waals surface area contributed by atoms with Crippen LogP contribution in [0.1, 0.15) is 0 Å². The maximum Gasteiger partial charge on any atom is 0.125 e. The molecule has 1 heterocycles. The molecule has 0 amide bonds. The normalized spacial score (nSPS) is 12.0. The van der Waals surface area contributed by atoms with E-state index in [0.717, 1.165) is 23.5 Å². The second-order valence-electron chi connectivity index (χ2n) is 4.03. The van der Waals surface area contributed by atoms with Gasteiger partial charge in [0.25, 0.3) is 0 Å². The van der Waals surface area contributed by atoms with Crippen LogP contribution in [-0.4, -0.2) is 0 Å². The van der Waals surface area contributed by atoms with Crippen molar-refractivity contribution in [2.45, 2.75) is 0 Å². The molecule has 0 fully saturated rings. The van der Waals surface area contributed by atoms with Gasteiger partial charge >= 0.3 is 0 Å². The van der Waals surface area contributed by atoms with Crippen molar-refractivity contribution in [2.75, 3.05) is 0 Å². The average molecular weight is 554 g/mol. The van der Waals surface area contributed by atoms with Crippen molar-refractivity contribution in [3.05, 3.63) is 79.3 Å². The maximum absolute atomic E-state index is 4.58. The number of hydrogen-bond acceptors (Lipinski definition) is 2. The van der Waals surface area contributed by atoms with Gasteiger partial charge in [-0.05, 0) is 80.9 Å². The number of benzene rings is 2. The topological polar surface area (TPSA) is 18.5 Å². The molecule has 2 aromatic rings. The van der Waals surface area contributed by atoms with Crippen molar-refractivity contribution in [3.8, 4) is 11.1 Å². The van der Waals surface area contributed by atoms with E-state index in [1.54, 1.807) is 0 Å². The second-order valence-corrected chi connectivity index (χ2v) is 7.26. The van der Waals surface area contributed by atoms with Gasteiger partial charge in [-0.25, -0.2) is 0 Å². The van der Waals surface area contributed by atoms with Gasteiger partial charge in [0.2, 0.25) is 0 Å². The van der Waals surface area contributed by atoms with Crippen molar-refractivity contribution in [2.24, 2.45) is 0 Å². The molecule has 3 rings (SSSR count). The van der Waals surface area contributed by atoms with Crippen LogP contribution in [-0.2, 0) is 9.47 Å². The Kier molecular flexibility index (Phi) is 7.21. The standard InChI is InChI=1S/C12H6Br4.C4H4O2/c13-9-6-8(7-4-2-1-3-5-7)10(14)12(16)11(9)15;1-2-6-4-3-5-1/h1-6H;1-4H.